The van der Waals surface area contributed by atoms with Gasteiger partial charge in [-0.15, -0.1) is 0 Å². The average Bonchev–Trinajstić information content (AvgIpc) is 4.09. The van der Waals surface area contributed by atoms with E-state index in [0.29, 0.717) is 55.0 Å². The van der Waals surface area contributed by atoms with E-state index in [1.54, 1.807) is 18.1 Å². The van der Waals surface area contributed by atoms with Gasteiger partial charge in [-0.25, -0.2) is 13.4 Å². The molecule has 1 aromatic carbocycles. The second-order valence-electron chi connectivity index (χ2n) is 16.6. The van der Waals surface area contributed by atoms with E-state index in [1.807, 2.05) is 19.1 Å². The molecule has 0 unspecified atom stereocenters. The van der Waals surface area contributed by atoms with Gasteiger partial charge in [-0.05, 0) is 74.8 Å². The van der Waals surface area contributed by atoms with E-state index in [1.165, 1.54) is 7.11 Å². The largest absolute Gasteiger partial charge is 0.496 e. The van der Waals surface area contributed by atoms with Crippen molar-refractivity contribution < 1.29 is 46.5 Å². The molecule has 1 aromatic heterocycles. The fourth-order valence-electron chi connectivity index (χ4n) is 8.98. The topological polar surface area (TPSA) is 167 Å². The highest BCUT2D eigenvalue weighted by Gasteiger charge is 2.62. The van der Waals surface area contributed by atoms with Gasteiger partial charge in [-0.2, -0.15) is 0 Å². The first-order chi connectivity index (χ1) is 26.4. The molecule has 13 nitrogen and oxygen atoms in total. The lowest BCUT2D eigenvalue weighted by atomic mass is 9.90. The number of Topliss-reactive ketones (excluding diaryl/α,β-unsaturated/α-hetero) is 1. The van der Waals surface area contributed by atoms with Crippen molar-refractivity contribution in [1.82, 2.24) is 14.6 Å². The predicted molar refractivity (Wildman–Crippen MR) is 203 cm³/mol. The molecule has 2 saturated heterocycles. The van der Waals surface area contributed by atoms with Crippen LogP contribution in [0.25, 0.3) is 10.9 Å². The molecule has 6 atom stereocenters. The third-order valence-electron chi connectivity index (χ3n) is 12.5. The van der Waals surface area contributed by atoms with Crippen molar-refractivity contribution in [3.8, 4) is 17.4 Å². The Morgan fingerprint density at radius 1 is 0.964 bits per heavy atom. The Bertz CT molecular complexity index is 1910. The normalized spacial score (nSPS) is 29.9. The first-order valence-corrected chi connectivity index (χ1v) is 21.7. The summed E-state index contributed by atoms with van der Waals surface area (Å²) in [5.74, 6) is -0.861. The molecule has 55 heavy (non-hydrogen) atoms. The molecule has 5 bridgehead atoms. The van der Waals surface area contributed by atoms with Crippen LogP contribution in [0.4, 0.5) is 0 Å². The number of nitrogens with one attached hydrogen (secondary N) is 1. The number of aryl methyl sites for hydroxylation is 1. The summed E-state index contributed by atoms with van der Waals surface area (Å²) < 4.78 is 51.9. The van der Waals surface area contributed by atoms with Crippen LogP contribution in [-0.4, -0.2) is 86.6 Å². The van der Waals surface area contributed by atoms with Crippen molar-refractivity contribution in [2.45, 2.75) is 127 Å². The van der Waals surface area contributed by atoms with Gasteiger partial charge >= 0.3 is 5.97 Å². The van der Waals surface area contributed by atoms with Gasteiger partial charge in [0.05, 0.1) is 56.0 Å². The predicted octanol–water partition coefficient (Wildman–Crippen LogP) is 5.44. The molecule has 5 aliphatic rings. The second kappa shape index (κ2) is 16.3. The summed E-state index contributed by atoms with van der Waals surface area (Å²) in [4.78, 5) is 62.7. The molecule has 2 saturated carbocycles. The van der Waals surface area contributed by atoms with Gasteiger partial charge in [0.2, 0.25) is 27.7 Å². The highest BCUT2D eigenvalue weighted by Crippen LogP contribution is 2.59. The number of nitrogens with zero attached hydrogens (tertiary/aromatic N) is 2. The summed E-state index contributed by atoms with van der Waals surface area (Å²) in [7, 11) is -0.679. The number of fused-ring (bicyclic) bond motifs is 4. The number of esters is 1. The van der Waals surface area contributed by atoms with Crippen LogP contribution in [0.3, 0.4) is 0 Å². The molecule has 0 spiro atoms. The van der Waals surface area contributed by atoms with Gasteiger partial charge < -0.3 is 23.8 Å². The lowest BCUT2D eigenvalue weighted by Gasteiger charge is -2.29. The SMILES string of the molecule is COc1cc2c3cc(c(OC)cc3n1)CCC[C@H](C)COC(=O)C[C@H]1CCCCCCC[C@@H]3C[C@@]3(C(=O)NS(=O)(=O)C3CC3)CC(=O)[C@@H]3C[C@H](CN3C1=O)O2. The molecule has 1 N–H and O–H groups in total. The number of pyridine rings is 1. The highest BCUT2D eigenvalue weighted by atomic mass is 32.2. The van der Waals surface area contributed by atoms with Crippen LogP contribution in [0.5, 0.6) is 17.4 Å². The summed E-state index contributed by atoms with van der Waals surface area (Å²) in [5.41, 5.74) is 0.428. The first kappa shape index (κ1) is 39.3. The summed E-state index contributed by atoms with van der Waals surface area (Å²) in [5, 5.41) is 0.169. The Labute approximate surface area is 323 Å². The number of aromatic nitrogens is 1. The number of ether oxygens (including phenoxy) is 4. The van der Waals surface area contributed by atoms with E-state index in [2.05, 4.69) is 9.71 Å². The maximum absolute atomic E-state index is 14.7. The number of carbonyl (C=O) groups is 4. The van der Waals surface area contributed by atoms with Crippen LogP contribution in [0.2, 0.25) is 0 Å². The molecule has 2 amide bonds. The van der Waals surface area contributed by atoms with Crippen LogP contribution in [0, 0.1) is 23.2 Å². The molecular formula is C41H55N3O10S. The Kier molecular flexibility index (Phi) is 11.6. The molecule has 300 valence electrons. The lowest BCUT2D eigenvalue weighted by Crippen LogP contribution is -2.46. The number of methoxy groups -OCH3 is 2. The summed E-state index contributed by atoms with van der Waals surface area (Å²) >= 11 is 0. The smallest absolute Gasteiger partial charge is 0.306 e. The molecular weight excluding hydrogens is 727 g/mol. The Morgan fingerprint density at radius 2 is 1.73 bits per heavy atom. The number of cyclic esters (lactones) is 1. The molecule has 2 aliphatic carbocycles. The maximum atomic E-state index is 14.7. The Balaban J connectivity index is 1.25. The summed E-state index contributed by atoms with van der Waals surface area (Å²) in [6.07, 6.45) is 8.64. The Hall–Kier alpha value is -3.94. The number of benzene rings is 1. The molecule has 4 heterocycles. The monoisotopic (exact) mass is 781 g/mol. The molecule has 2 aromatic rings. The minimum atomic E-state index is -3.82. The minimum Gasteiger partial charge on any atom is -0.496 e. The Morgan fingerprint density at radius 3 is 2.47 bits per heavy atom. The van der Waals surface area contributed by atoms with Crippen molar-refractivity contribution in [2.75, 3.05) is 27.4 Å². The van der Waals surface area contributed by atoms with E-state index in [-0.39, 0.29) is 55.9 Å². The zero-order valence-corrected chi connectivity index (χ0v) is 33.1. The number of ketones is 1. The maximum Gasteiger partial charge on any atom is 0.306 e. The number of hydrogen-bond acceptors (Lipinski definition) is 11. The van der Waals surface area contributed by atoms with Crippen LogP contribution < -0.4 is 18.9 Å². The first-order valence-electron chi connectivity index (χ1n) is 20.2. The van der Waals surface area contributed by atoms with Gasteiger partial charge in [0.25, 0.3) is 0 Å². The van der Waals surface area contributed by atoms with Crippen LogP contribution in [-0.2, 0) is 40.4 Å². The number of hydrogen-bond donors (Lipinski definition) is 1. The highest BCUT2D eigenvalue weighted by molar-refractivity contribution is 7.90. The van der Waals surface area contributed by atoms with Crippen molar-refractivity contribution in [3.63, 3.8) is 0 Å². The van der Waals surface area contributed by atoms with Crippen molar-refractivity contribution in [1.29, 1.82) is 0 Å². The fourth-order valence-corrected chi connectivity index (χ4v) is 10.4. The van der Waals surface area contributed by atoms with E-state index < -0.39 is 50.6 Å². The van der Waals surface area contributed by atoms with Crippen LogP contribution in [0.15, 0.2) is 18.2 Å². The zero-order chi connectivity index (χ0) is 38.9. The van der Waals surface area contributed by atoms with Crippen molar-refractivity contribution >= 4 is 44.5 Å². The fraction of sp³-hybridized carbons (Fsp3) is 0.683. The van der Waals surface area contributed by atoms with E-state index >= 15 is 0 Å². The molecule has 7 rings (SSSR count). The van der Waals surface area contributed by atoms with E-state index in [9.17, 15) is 27.6 Å². The average molecular weight is 782 g/mol. The van der Waals surface area contributed by atoms with Crippen molar-refractivity contribution in [2.24, 2.45) is 23.2 Å². The lowest BCUT2D eigenvalue weighted by molar-refractivity contribution is -0.151. The summed E-state index contributed by atoms with van der Waals surface area (Å²) in [6.45, 7) is 2.37. The van der Waals surface area contributed by atoms with Crippen molar-refractivity contribution in [3.05, 3.63) is 23.8 Å². The van der Waals surface area contributed by atoms with E-state index in [4.69, 9.17) is 18.9 Å². The number of amides is 2. The van der Waals surface area contributed by atoms with Gasteiger partial charge in [0.1, 0.15) is 17.6 Å². The molecule has 14 heteroatoms. The quantitative estimate of drug-likeness (QED) is 0.384. The van der Waals surface area contributed by atoms with Gasteiger partial charge in [0, 0.05) is 36.3 Å². The minimum absolute atomic E-state index is 0.0889. The molecule has 4 fully saturated rings. The third-order valence-corrected chi connectivity index (χ3v) is 14.3. The van der Waals surface area contributed by atoms with Crippen LogP contribution in [0.1, 0.15) is 109 Å². The number of sulfonamides is 1. The van der Waals surface area contributed by atoms with Gasteiger partial charge in [-0.3, -0.25) is 23.9 Å². The van der Waals surface area contributed by atoms with Gasteiger partial charge in [-0.1, -0.05) is 39.0 Å². The summed E-state index contributed by atoms with van der Waals surface area (Å²) in [6, 6.07) is 4.65. The third kappa shape index (κ3) is 8.73. The van der Waals surface area contributed by atoms with E-state index in [0.717, 1.165) is 62.3 Å². The zero-order valence-electron chi connectivity index (χ0n) is 32.3. The standard InChI is InChI=1S/C41H55N3O10S/c1-25-10-9-12-26-16-31-32(19-35(26)51-2)42-37(52-3)20-36(31)54-29-18-33-34(45)22-41(40(48)43-55(49,50)30-14-15-30)21-28(41)13-8-6-4-5-7-11-27(17-38(46)53-24-25)39(47)44(33)23-29/h16,19-20,25,27-30,33H,4-15,17-18,21-24H2,1-3H3,(H,43,48)/t25-,27+,28+,29+,33-,41+/m0/s1. The number of carbonyl (C=O) groups excluding carboxylic acids is 4. The number of rotatable bonds is 5. The van der Waals surface area contributed by atoms with Gasteiger partial charge in [0.15, 0.2) is 5.78 Å². The molecule has 0 radical (unpaired) electrons. The van der Waals surface area contributed by atoms with Crippen LogP contribution >= 0.6 is 0 Å². The second-order valence-corrected chi connectivity index (χ2v) is 18.6. The molecule has 3 aliphatic heterocycles.